The molecule has 0 unspecified atom stereocenters. The molecule has 0 radical (unpaired) electrons. The third-order valence-electron chi connectivity index (χ3n) is 5.17. The molecule has 3 heteroatoms. The van der Waals surface area contributed by atoms with Gasteiger partial charge in [-0.1, -0.05) is 44.4 Å². The van der Waals surface area contributed by atoms with E-state index in [1.165, 1.54) is 12.8 Å². The Bertz CT molecular complexity index is 551. The first kappa shape index (κ1) is 16.5. The fourth-order valence-corrected chi connectivity index (χ4v) is 3.83. The normalized spacial score (nSPS) is 24.6. The van der Waals surface area contributed by atoms with Gasteiger partial charge in [-0.05, 0) is 49.1 Å². The highest BCUT2D eigenvalue weighted by Gasteiger charge is 2.39. The van der Waals surface area contributed by atoms with Crippen LogP contribution in [0.25, 0.3) is 0 Å². The van der Waals surface area contributed by atoms with Crippen molar-refractivity contribution < 1.29 is 9.90 Å². The van der Waals surface area contributed by atoms with Gasteiger partial charge in [-0.3, -0.25) is 4.79 Å². The van der Waals surface area contributed by atoms with E-state index in [1.807, 2.05) is 18.2 Å². The maximum atomic E-state index is 11.2. The Hall–Kier alpha value is -1.82. The Balaban J connectivity index is 2.27. The molecule has 0 amide bonds. The molecule has 3 nitrogen and oxygen atoms in total. The average molecular weight is 299 g/mol. The van der Waals surface area contributed by atoms with Crippen LogP contribution in [0.1, 0.15) is 69.4 Å². The molecule has 0 aliphatic heterocycles. The highest BCUT2D eigenvalue weighted by Crippen LogP contribution is 2.46. The van der Waals surface area contributed by atoms with Crippen LogP contribution in [0.2, 0.25) is 0 Å². The van der Waals surface area contributed by atoms with Gasteiger partial charge in [0.1, 0.15) is 0 Å². The zero-order valence-corrected chi connectivity index (χ0v) is 13.3. The van der Waals surface area contributed by atoms with Gasteiger partial charge in [0.2, 0.25) is 0 Å². The van der Waals surface area contributed by atoms with Gasteiger partial charge in [0, 0.05) is 0 Å². The maximum Gasteiger partial charge on any atom is 0.306 e. The molecule has 1 saturated carbocycles. The fourth-order valence-electron chi connectivity index (χ4n) is 3.83. The van der Waals surface area contributed by atoms with Crippen LogP contribution in [-0.4, -0.2) is 11.1 Å². The van der Waals surface area contributed by atoms with E-state index in [0.29, 0.717) is 0 Å². The number of carbonyl (C=O) groups is 1. The number of unbranched alkanes of at least 4 members (excludes halogenated alkanes) is 2. The van der Waals surface area contributed by atoms with Crippen LogP contribution < -0.4 is 0 Å². The summed E-state index contributed by atoms with van der Waals surface area (Å²) in [5.74, 6) is -0.885. The Morgan fingerprint density at radius 2 is 2.00 bits per heavy atom. The highest BCUT2D eigenvalue weighted by atomic mass is 16.4. The first-order valence-corrected chi connectivity index (χ1v) is 8.35. The van der Waals surface area contributed by atoms with Gasteiger partial charge in [0.25, 0.3) is 0 Å². The molecule has 2 rings (SSSR count). The topological polar surface area (TPSA) is 61.1 Å². The molecule has 1 fully saturated rings. The van der Waals surface area contributed by atoms with Gasteiger partial charge in [-0.25, -0.2) is 0 Å². The molecule has 0 heterocycles. The summed E-state index contributed by atoms with van der Waals surface area (Å²) in [6, 6.07) is 10.2. The number of aliphatic carboxylic acids is 1. The van der Waals surface area contributed by atoms with E-state index in [9.17, 15) is 15.2 Å². The van der Waals surface area contributed by atoms with Crippen LogP contribution in [0, 0.1) is 17.2 Å². The van der Waals surface area contributed by atoms with Crippen LogP contribution in [-0.2, 0) is 10.2 Å². The zero-order chi connectivity index (χ0) is 16.0. The van der Waals surface area contributed by atoms with Gasteiger partial charge in [0.15, 0.2) is 0 Å². The monoisotopic (exact) mass is 299 g/mol. The highest BCUT2D eigenvalue weighted by molar-refractivity contribution is 5.70. The van der Waals surface area contributed by atoms with Crippen molar-refractivity contribution in [3.63, 3.8) is 0 Å². The lowest BCUT2D eigenvalue weighted by Crippen LogP contribution is -2.34. The van der Waals surface area contributed by atoms with E-state index in [0.717, 1.165) is 49.7 Å². The van der Waals surface area contributed by atoms with Gasteiger partial charge in [0.05, 0.1) is 17.6 Å². The largest absolute Gasteiger partial charge is 0.481 e. The summed E-state index contributed by atoms with van der Waals surface area (Å²) in [7, 11) is 0. The van der Waals surface area contributed by atoms with Crippen molar-refractivity contribution in [2.75, 3.05) is 0 Å². The second kappa shape index (κ2) is 7.45. The summed E-state index contributed by atoms with van der Waals surface area (Å²) in [5, 5.41) is 18.7. The van der Waals surface area contributed by atoms with Crippen LogP contribution in [0.4, 0.5) is 0 Å². The molecule has 1 aromatic carbocycles. The summed E-state index contributed by atoms with van der Waals surface area (Å²) in [6.45, 7) is 2.19. The Morgan fingerprint density at radius 1 is 1.32 bits per heavy atom. The van der Waals surface area contributed by atoms with Gasteiger partial charge >= 0.3 is 5.97 Å². The van der Waals surface area contributed by atoms with Crippen molar-refractivity contribution in [3.05, 3.63) is 35.4 Å². The summed E-state index contributed by atoms with van der Waals surface area (Å²) < 4.78 is 0. The van der Waals surface area contributed by atoms with E-state index in [4.69, 9.17) is 0 Å². The quantitative estimate of drug-likeness (QED) is 0.778. The fraction of sp³-hybridized carbons (Fsp3) is 0.579. The van der Waals surface area contributed by atoms with E-state index in [1.54, 1.807) is 0 Å². The van der Waals surface area contributed by atoms with Crippen LogP contribution in [0.3, 0.4) is 0 Å². The summed E-state index contributed by atoms with van der Waals surface area (Å²) >= 11 is 0. The van der Waals surface area contributed by atoms with Gasteiger partial charge in [-0.15, -0.1) is 0 Å². The smallest absolute Gasteiger partial charge is 0.306 e. The predicted octanol–water partition coefficient (Wildman–Crippen LogP) is 4.65. The molecular weight excluding hydrogens is 274 g/mol. The Labute approximate surface area is 133 Å². The van der Waals surface area contributed by atoms with Crippen molar-refractivity contribution in [2.45, 2.75) is 63.7 Å². The molecule has 0 aromatic heterocycles. The standard InChI is InChI=1S/C19H25NO2/c1-2-3-6-11-19(12-9-15(10-13-19)18(21)22)17-8-5-4-7-16(17)14-20/h4-5,7-8,15H,2-3,6,9-13H2,1H3,(H,21,22). The molecule has 0 bridgehead atoms. The van der Waals surface area contributed by atoms with Crippen molar-refractivity contribution in [1.29, 1.82) is 5.26 Å². The molecule has 1 aliphatic carbocycles. The molecule has 22 heavy (non-hydrogen) atoms. The number of nitrogens with zero attached hydrogens (tertiary/aromatic N) is 1. The molecule has 0 spiro atoms. The SMILES string of the molecule is CCCCCC1(c2ccccc2C#N)CCC(C(=O)O)CC1. The van der Waals surface area contributed by atoms with E-state index in [2.05, 4.69) is 19.1 Å². The zero-order valence-electron chi connectivity index (χ0n) is 13.3. The van der Waals surface area contributed by atoms with Crippen LogP contribution in [0.5, 0.6) is 0 Å². The predicted molar refractivity (Wildman–Crippen MR) is 86.6 cm³/mol. The minimum absolute atomic E-state index is 0.00650. The summed E-state index contributed by atoms with van der Waals surface area (Å²) in [5.41, 5.74) is 1.89. The maximum absolute atomic E-state index is 11.2. The number of hydrogen-bond acceptors (Lipinski definition) is 2. The van der Waals surface area contributed by atoms with Crippen LogP contribution in [0.15, 0.2) is 24.3 Å². The van der Waals surface area contributed by atoms with Crippen LogP contribution >= 0.6 is 0 Å². The van der Waals surface area contributed by atoms with E-state index < -0.39 is 5.97 Å². The first-order chi connectivity index (χ1) is 10.6. The third kappa shape index (κ3) is 3.50. The lowest BCUT2D eigenvalue weighted by Gasteiger charge is -2.40. The average Bonchev–Trinajstić information content (AvgIpc) is 2.55. The summed E-state index contributed by atoms with van der Waals surface area (Å²) in [6.07, 6.45) is 7.79. The number of carboxylic acid groups (broad SMARTS) is 1. The second-order valence-corrected chi connectivity index (χ2v) is 6.51. The van der Waals surface area contributed by atoms with Crippen molar-refractivity contribution in [3.8, 4) is 6.07 Å². The molecule has 1 aliphatic rings. The number of hydrogen-bond donors (Lipinski definition) is 1. The number of carboxylic acids is 1. The van der Waals surface area contributed by atoms with E-state index >= 15 is 0 Å². The first-order valence-electron chi connectivity index (χ1n) is 8.35. The summed E-state index contributed by atoms with van der Waals surface area (Å²) in [4.78, 5) is 11.2. The van der Waals surface area contributed by atoms with Crippen molar-refractivity contribution in [2.24, 2.45) is 5.92 Å². The number of rotatable bonds is 6. The van der Waals surface area contributed by atoms with Crippen molar-refractivity contribution >= 4 is 5.97 Å². The lowest BCUT2D eigenvalue weighted by atomic mass is 9.63. The molecule has 0 atom stereocenters. The Kier molecular flexibility index (Phi) is 5.60. The minimum Gasteiger partial charge on any atom is -0.481 e. The van der Waals surface area contributed by atoms with Gasteiger partial charge < -0.3 is 5.11 Å². The number of benzene rings is 1. The Morgan fingerprint density at radius 3 is 2.59 bits per heavy atom. The third-order valence-corrected chi connectivity index (χ3v) is 5.17. The lowest BCUT2D eigenvalue weighted by molar-refractivity contribution is -0.143. The van der Waals surface area contributed by atoms with Crippen molar-refractivity contribution in [1.82, 2.24) is 0 Å². The molecule has 1 N–H and O–H groups in total. The molecular formula is C19H25NO2. The second-order valence-electron chi connectivity index (χ2n) is 6.51. The molecule has 118 valence electrons. The molecule has 0 saturated heterocycles. The number of nitriles is 1. The van der Waals surface area contributed by atoms with E-state index in [-0.39, 0.29) is 11.3 Å². The van der Waals surface area contributed by atoms with Gasteiger partial charge in [-0.2, -0.15) is 5.26 Å². The molecule has 1 aromatic rings. The minimum atomic E-state index is -0.671.